The quantitative estimate of drug-likeness (QED) is 0.775. The van der Waals surface area contributed by atoms with Crippen molar-refractivity contribution in [3.63, 3.8) is 0 Å². The third-order valence-corrected chi connectivity index (χ3v) is 3.00. The summed E-state index contributed by atoms with van der Waals surface area (Å²) in [6, 6.07) is 0.106. The molecule has 0 amide bonds. The van der Waals surface area contributed by atoms with Crippen molar-refractivity contribution < 1.29 is 0 Å². The van der Waals surface area contributed by atoms with Gasteiger partial charge in [-0.1, -0.05) is 20.8 Å². The van der Waals surface area contributed by atoms with Gasteiger partial charge in [0, 0.05) is 24.7 Å². The van der Waals surface area contributed by atoms with Crippen LogP contribution < -0.4 is 5.56 Å². The van der Waals surface area contributed by atoms with Gasteiger partial charge in [0.1, 0.15) is 11.2 Å². The number of rotatable bonds is 1. The normalized spacial score (nSPS) is 12.6. The Hall–Kier alpha value is -1.65. The van der Waals surface area contributed by atoms with E-state index >= 15 is 0 Å². The van der Waals surface area contributed by atoms with Gasteiger partial charge < -0.3 is 0 Å². The maximum absolute atomic E-state index is 12.2. The minimum atomic E-state index is -0.121. The van der Waals surface area contributed by atoms with Crippen LogP contribution in [0.25, 0.3) is 11.0 Å². The molecular formula is C13H20N4O. The fraction of sp³-hybridized carbons (Fsp3) is 0.615. The smallest absolute Gasteiger partial charge is 0.268 e. The van der Waals surface area contributed by atoms with E-state index in [2.05, 4.69) is 30.7 Å². The SMILES string of the molecule is CC(C)n1c(=O)c2cnc(C(C)(C)C)nc2n1C. The lowest BCUT2D eigenvalue weighted by Gasteiger charge is -2.16. The molecular weight excluding hydrogens is 228 g/mol. The highest BCUT2D eigenvalue weighted by atomic mass is 16.1. The molecule has 0 radical (unpaired) electrons. The van der Waals surface area contributed by atoms with Crippen molar-refractivity contribution in [1.82, 2.24) is 19.3 Å². The van der Waals surface area contributed by atoms with Gasteiger partial charge in [0.15, 0.2) is 5.65 Å². The van der Waals surface area contributed by atoms with Crippen molar-refractivity contribution >= 4 is 11.0 Å². The van der Waals surface area contributed by atoms with Gasteiger partial charge in [0.2, 0.25) is 0 Å². The van der Waals surface area contributed by atoms with Crippen molar-refractivity contribution in [2.75, 3.05) is 0 Å². The molecule has 0 saturated heterocycles. The first-order valence-electron chi connectivity index (χ1n) is 6.18. The third kappa shape index (κ3) is 1.83. The predicted molar refractivity (Wildman–Crippen MR) is 71.9 cm³/mol. The summed E-state index contributed by atoms with van der Waals surface area (Å²) in [4.78, 5) is 21.1. The lowest BCUT2D eigenvalue weighted by atomic mass is 9.96. The second-order valence-corrected chi connectivity index (χ2v) is 5.95. The molecule has 5 heteroatoms. The van der Waals surface area contributed by atoms with E-state index in [-0.39, 0.29) is 17.0 Å². The summed E-state index contributed by atoms with van der Waals surface area (Å²) in [5.41, 5.74) is 0.557. The Morgan fingerprint density at radius 1 is 1.28 bits per heavy atom. The standard InChI is InChI=1S/C13H20N4O/c1-8(2)17-11(18)9-7-14-12(13(3,4)5)15-10(9)16(17)6/h7-8H,1-6H3. The summed E-state index contributed by atoms with van der Waals surface area (Å²) in [7, 11) is 1.86. The number of nitrogens with zero attached hydrogens (tertiary/aromatic N) is 4. The Morgan fingerprint density at radius 2 is 1.89 bits per heavy atom. The van der Waals surface area contributed by atoms with E-state index in [0.29, 0.717) is 11.0 Å². The highest BCUT2D eigenvalue weighted by Crippen LogP contribution is 2.19. The summed E-state index contributed by atoms with van der Waals surface area (Å²) in [5.74, 6) is 0.756. The van der Waals surface area contributed by atoms with Crippen molar-refractivity contribution in [3.05, 3.63) is 22.4 Å². The van der Waals surface area contributed by atoms with Crippen LogP contribution in [0.5, 0.6) is 0 Å². The average Bonchev–Trinajstić information content (AvgIpc) is 2.50. The van der Waals surface area contributed by atoms with Crippen molar-refractivity contribution in [3.8, 4) is 0 Å². The van der Waals surface area contributed by atoms with Gasteiger partial charge in [-0.15, -0.1) is 0 Å². The van der Waals surface area contributed by atoms with Gasteiger partial charge in [-0.3, -0.25) is 9.48 Å². The zero-order valence-electron chi connectivity index (χ0n) is 11.9. The Labute approximate surface area is 106 Å². The van der Waals surface area contributed by atoms with E-state index < -0.39 is 0 Å². The Bertz CT molecular complexity index is 643. The van der Waals surface area contributed by atoms with E-state index in [0.717, 1.165) is 5.82 Å². The van der Waals surface area contributed by atoms with Crippen molar-refractivity contribution in [1.29, 1.82) is 0 Å². The minimum absolute atomic E-state index is 0.0250. The van der Waals surface area contributed by atoms with E-state index in [4.69, 9.17) is 0 Å². The van der Waals surface area contributed by atoms with Gasteiger partial charge >= 0.3 is 0 Å². The van der Waals surface area contributed by atoms with Gasteiger partial charge in [-0.05, 0) is 13.8 Å². The molecule has 98 valence electrons. The number of aromatic nitrogens is 4. The molecule has 2 rings (SSSR count). The molecule has 0 spiro atoms. The molecule has 0 saturated carbocycles. The van der Waals surface area contributed by atoms with E-state index in [1.165, 1.54) is 0 Å². The summed E-state index contributed by atoms with van der Waals surface area (Å²) in [6.45, 7) is 10.2. The Morgan fingerprint density at radius 3 is 2.39 bits per heavy atom. The van der Waals surface area contributed by atoms with E-state index in [1.54, 1.807) is 10.9 Å². The van der Waals surface area contributed by atoms with Gasteiger partial charge in [-0.25, -0.2) is 14.6 Å². The lowest BCUT2D eigenvalue weighted by molar-refractivity contribution is 0.444. The van der Waals surface area contributed by atoms with Crippen LogP contribution in [-0.2, 0) is 12.5 Å². The molecule has 0 aliphatic rings. The highest BCUT2D eigenvalue weighted by molar-refractivity contribution is 5.73. The average molecular weight is 248 g/mol. The minimum Gasteiger partial charge on any atom is -0.268 e. The first-order valence-corrected chi connectivity index (χ1v) is 6.18. The van der Waals surface area contributed by atoms with Crippen LogP contribution in [0.3, 0.4) is 0 Å². The molecule has 0 fully saturated rings. The topological polar surface area (TPSA) is 52.7 Å². The number of fused-ring (bicyclic) bond motifs is 1. The molecule has 0 aliphatic carbocycles. The van der Waals surface area contributed by atoms with Gasteiger partial charge in [-0.2, -0.15) is 0 Å². The number of hydrogen-bond acceptors (Lipinski definition) is 3. The number of aryl methyl sites for hydroxylation is 1. The fourth-order valence-corrected chi connectivity index (χ4v) is 2.07. The molecule has 2 aromatic rings. The second-order valence-electron chi connectivity index (χ2n) is 5.95. The fourth-order valence-electron chi connectivity index (χ4n) is 2.07. The third-order valence-electron chi connectivity index (χ3n) is 3.00. The zero-order chi connectivity index (χ0) is 13.7. The highest BCUT2D eigenvalue weighted by Gasteiger charge is 2.21. The largest absolute Gasteiger partial charge is 0.278 e. The molecule has 2 heterocycles. The molecule has 0 aliphatic heterocycles. The van der Waals surface area contributed by atoms with Crippen LogP contribution in [0, 0.1) is 0 Å². The van der Waals surface area contributed by atoms with Gasteiger partial charge in [0.25, 0.3) is 5.56 Å². The maximum atomic E-state index is 12.2. The van der Waals surface area contributed by atoms with E-state index in [9.17, 15) is 4.79 Å². The molecule has 18 heavy (non-hydrogen) atoms. The molecule has 0 atom stereocenters. The molecule has 0 N–H and O–H groups in total. The number of hydrogen-bond donors (Lipinski definition) is 0. The zero-order valence-corrected chi connectivity index (χ0v) is 11.9. The van der Waals surface area contributed by atoms with E-state index in [1.807, 2.05) is 25.6 Å². The summed E-state index contributed by atoms with van der Waals surface area (Å²) in [5, 5.41) is 0.583. The molecule has 0 aromatic carbocycles. The maximum Gasteiger partial charge on any atom is 0.278 e. The van der Waals surface area contributed by atoms with Crippen LogP contribution in [0.15, 0.2) is 11.0 Å². The predicted octanol–water partition coefficient (Wildman–Crippen LogP) is 2.01. The van der Waals surface area contributed by atoms with Crippen LogP contribution in [-0.4, -0.2) is 19.3 Å². The molecule has 0 bridgehead atoms. The van der Waals surface area contributed by atoms with Crippen LogP contribution in [0.1, 0.15) is 46.5 Å². The summed E-state index contributed by atoms with van der Waals surface area (Å²) >= 11 is 0. The summed E-state index contributed by atoms with van der Waals surface area (Å²) < 4.78 is 3.52. The second kappa shape index (κ2) is 3.93. The Kier molecular flexibility index (Phi) is 2.80. The van der Waals surface area contributed by atoms with Crippen molar-refractivity contribution in [2.24, 2.45) is 7.05 Å². The van der Waals surface area contributed by atoms with Crippen LogP contribution in [0.2, 0.25) is 0 Å². The molecule has 2 aromatic heterocycles. The first kappa shape index (κ1) is 12.8. The monoisotopic (exact) mass is 248 g/mol. The van der Waals surface area contributed by atoms with Crippen LogP contribution >= 0.6 is 0 Å². The molecule has 0 unspecified atom stereocenters. The molecule has 5 nitrogen and oxygen atoms in total. The first-order chi connectivity index (χ1) is 8.23. The summed E-state index contributed by atoms with van der Waals surface area (Å²) in [6.07, 6.45) is 1.64. The van der Waals surface area contributed by atoms with Crippen molar-refractivity contribution in [2.45, 2.75) is 46.1 Å². The van der Waals surface area contributed by atoms with Crippen LogP contribution in [0.4, 0.5) is 0 Å². The lowest BCUT2D eigenvalue weighted by Crippen LogP contribution is -2.23. The van der Waals surface area contributed by atoms with Gasteiger partial charge in [0.05, 0.1) is 0 Å². The Balaban J connectivity index is 2.80.